The lowest BCUT2D eigenvalue weighted by Gasteiger charge is -2.17. The maximum Gasteiger partial charge on any atom is 0.313 e. The molecule has 2 amide bonds. The number of benzene rings is 2. The standard InChI is InChI=1S/C20H22N2O3/c1-12-5-4-6-17(13(12)2)14(3)21-19(23)20(24)22-16-7-8-18-15(11-16)9-10-25-18/h4-8,11,14H,9-10H2,1-3H3,(H,21,23)(H,22,24). The Hall–Kier alpha value is -2.82. The van der Waals surface area contributed by atoms with Crippen molar-refractivity contribution in [2.75, 3.05) is 11.9 Å². The number of anilines is 1. The molecule has 1 unspecified atom stereocenters. The molecule has 5 nitrogen and oxygen atoms in total. The maximum absolute atomic E-state index is 12.2. The van der Waals surface area contributed by atoms with Crippen molar-refractivity contribution < 1.29 is 14.3 Å². The molecule has 1 heterocycles. The zero-order valence-corrected chi connectivity index (χ0v) is 14.7. The fourth-order valence-corrected chi connectivity index (χ4v) is 3.04. The third-order valence-electron chi connectivity index (χ3n) is 4.61. The maximum atomic E-state index is 12.2. The first-order chi connectivity index (χ1) is 12.0. The van der Waals surface area contributed by atoms with E-state index in [2.05, 4.69) is 10.6 Å². The smallest absolute Gasteiger partial charge is 0.313 e. The van der Waals surface area contributed by atoms with Crippen molar-refractivity contribution in [3.8, 4) is 5.75 Å². The summed E-state index contributed by atoms with van der Waals surface area (Å²) >= 11 is 0. The van der Waals surface area contributed by atoms with E-state index in [0.717, 1.165) is 34.4 Å². The molecular formula is C20H22N2O3. The monoisotopic (exact) mass is 338 g/mol. The molecule has 0 bridgehead atoms. The number of hydrogen-bond acceptors (Lipinski definition) is 3. The molecule has 1 aliphatic rings. The van der Waals surface area contributed by atoms with Gasteiger partial charge in [-0.2, -0.15) is 0 Å². The van der Waals surface area contributed by atoms with Gasteiger partial charge in [0.05, 0.1) is 12.6 Å². The number of nitrogens with one attached hydrogen (secondary N) is 2. The molecule has 2 aromatic carbocycles. The fraction of sp³-hybridized carbons (Fsp3) is 0.300. The molecular weight excluding hydrogens is 316 g/mol. The van der Waals surface area contributed by atoms with Crippen LogP contribution in [0.5, 0.6) is 5.75 Å². The Morgan fingerprint density at radius 3 is 2.72 bits per heavy atom. The number of amides is 2. The van der Waals surface area contributed by atoms with Crippen LogP contribution in [0.15, 0.2) is 36.4 Å². The molecule has 0 fully saturated rings. The van der Waals surface area contributed by atoms with Gasteiger partial charge < -0.3 is 15.4 Å². The van der Waals surface area contributed by atoms with Crippen molar-refractivity contribution in [2.45, 2.75) is 33.2 Å². The van der Waals surface area contributed by atoms with E-state index >= 15 is 0 Å². The highest BCUT2D eigenvalue weighted by Crippen LogP contribution is 2.27. The number of rotatable bonds is 3. The second-order valence-corrected chi connectivity index (χ2v) is 6.36. The minimum atomic E-state index is -0.670. The van der Waals surface area contributed by atoms with Crippen LogP contribution >= 0.6 is 0 Å². The van der Waals surface area contributed by atoms with E-state index in [1.165, 1.54) is 0 Å². The summed E-state index contributed by atoms with van der Waals surface area (Å²) < 4.78 is 5.44. The Morgan fingerprint density at radius 2 is 1.92 bits per heavy atom. The van der Waals surface area contributed by atoms with Gasteiger partial charge in [-0.25, -0.2) is 0 Å². The summed E-state index contributed by atoms with van der Waals surface area (Å²) in [6, 6.07) is 11.1. The Bertz CT molecular complexity index is 830. The molecule has 130 valence electrons. The highest BCUT2D eigenvalue weighted by atomic mass is 16.5. The second kappa shape index (κ2) is 6.97. The van der Waals surface area contributed by atoms with Gasteiger partial charge in [0.15, 0.2) is 0 Å². The minimum absolute atomic E-state index is 0.244. The first-order valence-corrected chi connectivity index (χ1v) is 8.39. The van der Waals surface area contributed by atoms with E-state index in [9.17, 15) is 9.59 Å². The molecule has 0 aromatic heterocycles. The van der Waals surface area contributed by atoms with Gasteiger partial charge in [0.2, 0.25) is 0 Å². The normalized spacial score (nSPS) is 13.6. The van der Waals surface area contributed by atoms with Crippen LogP contribution in [0.4, 0.5) is 5.69 Å². The van der Waals surface area contributed by atoms with Crippen LogP contribution in [0, 0.1) is 13.8 Å². The summed E-state index contributed by atoms with van der Waals surface area (Å²) in [6.45, 7) is 6.57. The molecule has 5 heteroatoms. The summed E-state index contributed by atoms with van der Waals surface area (Å²) in [6.07, 6.45) is 0.814. The first kappa shape index (κ1) is 17.0. The van der Waals surface area contributed by atoms with Crippen molar-refractivity contribution >= 4 is 17.5 Å². The Kier molecular flexibility index (Phi) is 4.74. The van der Waals surface area contributed by atoms with Crippen LogP contribution in [0.1, 0.15) is 35.2 Å². The number of carbonyl (C=O) groups excluding carboxylic acids is 2. The number of fused-ring (bicyclic) bond motifs is 1. The number of carbonyl (C=O) groups is 2. The van der Waals surface area contributed by atoms with E-state index in [-0.39, 0.29) is 6.04 Å². The third-order valence-corrected chi connectivity index (χ3v) is 4.61. The summed E-state index contributed by atoms with van der Waals surface area (Å²) in [5.74, 6) is -0.479. The first-order valence-electron chi connectivity index (χ1n) is 8.39. The van der Waals surface area contributed by atoms with Gasteiger partial charge >= 0.3 is 11.8 Å². The van der Waals surface area contributed by atoms with Crippen LogP contribution in [0.3, 0.4) is 0 Å². The van der Waals surface area contributed by atoms with Gasteiger partial charge in [-0.15, -0.1) is 0 Å². The molecule has 2 N–H and O–H groups in total. The Labute approximate surface area is 147 Å². The third kappa shape index (κ3) is 3.65. The summed E-state index contributed by atoms with van der Waals surface area (Å²) in [4.78, 5) is 24.4. The zero-order chi connectivity index (χ0) is 18.0. The van der Waals surface area contributed by atoms with E-state index in [1.54, 1.807) is 6.07 Å². The van der Waals surface area contributed by atoms with Gasteiger partial charge in [0.25, 0.3) is 0 Å². The molecule has 0 aliphatic carbocycles. The molecule has 1 aliphatic heterocycles. The quantitative estimate of drug-likeness (QED) is 0.845. The van der Waals surface area contributed by atoms with Gasteiger partial charge in [0.1, 0.15) is 5.75 Å². The summed E-state index contributed by atoms with van der Waals surface area (Å²) in [7, 11) is 0. The minimum Gasteiger partial charge on any atom is -0.493 e. The van der Waals surface area contributed by atoms with Gasteiger partial charge in [0, 0.05) is 12.1 Å². The molecule has 0 saturated carbocycles. The number of hydrogen-bond donors (Lipinski definition) is 2. The lowest BCUT2D eigenvalue weighted by atomic mass is 9.98. The summed E-state index contributed by atoms with van der Waals surface area (Å²) in [5.41, 5.74) is 4.93. The second-order valence-electron chi connectivity index (χ2n) is 6.36. The lowest BCUT2D eigenvalue weighted by Crippen LogP contribution is -2.37. The van der Waals surface area contributed by atoms with Gasteiger partial charge in [-0.05, 0) is 61.2 Å². The lowest BCUT2D eigenvalue weighted by molar-refractivity contribution is -0.136. The Morgan fingerprint density at radius 1 is 1.12 bits per heavy atom. The molecule has 25 heavy (non-hydrogen) atoms. The molecule has 1 atom stereocenters. The molecule has 2 aromatic rings. The summed E-state index contributed by atoms with van der Waals surface area (Å²) in [5, 5.41) is 5.41. The van der Waals surface area contributed by atoms with E-state index in [1.807, 2.05) is 51.1 Å². The van der Waals surface area contributed by atoms with E-state index in [0.29, 0.717) is 12.3 Å². The SMILES string of the molecule is Cc1cccc(C(C)NC(=O)C(=O)Nc2ccc3c(c2)CCO3)c1C. The fourth-order valence-electron chi connectivity index (χ4n) is 3.04. The van der Waals surface area contributed by atoms with Crippen LogP contribution in [0.2, 0.25) is 0 Å². The van der Waals surface area contributed by atoms with Crippen molar-refractivity contribution in [1.82, 2.24) is 5.32 Å². The Balaban J connectivity index is 1.64. The van der Waals surface area contributed by atoms with Crippen LogP contribution in [0.25, 0.3) is 0 Å². The molecule has 3 rings (SSSR count). The zero-order valence-electron chi connectivity index (χ0n) is 14.7. The van der Waals surface area contributed by atoms with Crippen molar-refractivity contribution in [2.24, 2.45) is 0 Å². The highest BCUT2D eigenvalue weighted by Gasteiger charge is 2.19. The van der Waals surface area contributed by atoms with Crippen molar-refractivity contribution in [3.63, 3.8) is 0 Å². The molecule has 0 spiro atoms. The van der Waals surface area contributed by atoms with Crippen LogP contribution < -0.4 is 15.4 Å². The van der Waals surface area contributed by atoms with E-state index < -0.39 is 11.8 Å². The topological polar surface area (TPSA) is 67.4 Å². The van der Waals surface area contributed by atoms with Crippen LogP contribution in [-0.4, -0.2) is 18.4 Å². The predicted octanol–water partition coefficient (Wildman–Crippen LogP) is 3.05. The number of aryl methyl sites for hydroxylation is 1. The highest BCUT2D eigenvalue weighted by molar-refractivity contribution is 6.39. The van der Waals surface area contributed by atoms with Crippen molar-refractivity contribution in [1.29, 1.82) is 0 Å². The average Bonchev–Trinajstić information content (AvgIpc) is 3.04. The van der Waals surface area contributed by atoms with E-state index in [4.69, 9.17) is 4.74 Å². The van der Waals surface area contributed by atoms with Crippen molar-refractivity contribution in [3.05, 3.63) is 58.7 Å². The largest absolute Gasteiger partial charge is 0.493 e. The van der Waals surface area contributed by atoms with Crippen LogP contribution in [-0.2, 0) is 16.0 Å². The van der Waals surface area contributed by atoms with Gasteiger partial charge in [-0.3, -0.25) is 9.59 Å². The molecule has 0 saturated heterocycles. The predicted molar refractivity (Wildman–Crippen MR) is 96.7 cm³/mol. The number of ether oxygens (including phenoxy) is 1. The molecule has 0 radical (unpaired) electrons. The van der Waals surface area contributed by atoms with Gasteiger partial charge in [-0.1, -0.05) is 18.2 Å². The average molecular weight is 338 g/mol.